The average molecular weight is 312 g/mol. The maximum absolute atomic E-state index is 12.8. The molecule has 2 fully saturated rings. The topological polar surface area (TPSA) is 49.4 Å². The Morgan fingerprint density at radius 2 is 2.05 bits per heavy atom. The number of nitrogens with zero attached hydrogens (tertiary/aromatic N) is 1. The van der Waals surface area contributed by atoms with E-state index in [1.807, 2.05) is 23.6 Å². The Labute approximate surface area is 132 Å². The van der Waals surface area contributed by atoms with E-state index < -0.39 is 5.54 Å². The van der Waals surface area contributed by atoms with Crippen LogP contribution in [0, 0.1) is 5.92 Å². The molecule has 120 valence electrons. The van der Waals surface area contributed by atoms with E-state index in [2.05, 4.69) is 19.2 Å². The lowest BCUT2D eigenvalue weighted by Crippen LogP contribution is -2.70. The van der Waals surface area contributed by atoms with Gasteiger partial charge >= 0.3 is 0 Å². The molecule has 4 nitrogen and oxygen atoms in total. The monoisotopic (exact) mass is 312 g/mol. The lowest BCUT2D eigenvalue weighted by molar-refractivity contribution is -0.158. The van der Waals surface area contributed by atoms with Crippen molar-refractivity contribution in [3.8, 4) is 0 Å². The van der Waals surface area contributed by atoms with Gasteiger partial charge in [0.1, 0.15) is 11.6 Å². The highest BCUT2D eigenvalue weighted by Gasteiger charge is 2.56. The zero-order valence-corrected chi connectivity index (χ0v) is 14.3. The number of carbonyl (C=O) groups is 2. The molecule has 2 aliphatic rings. The lowest BCUT2D eigenvalue weighted by Gasteiger charge is -2.47. The first-order valence-electron chi connectivity index (χ1n) is 8.25. The SMILES string of the molecule is CCCC1NC(=O)C(C)(C2CC2)N(CCCSCC)C1=O. The second-order valence-electron chi connectivity index (χ2n) is 6.28. The molecule has 0 spiro atoms. The van der Waals surface area contributed by atoms with E-state index in [9.17, 15) is 9.59 Å². The number of carbonyl (C=O) groups excluding carboxylic acids is 2. The van der Waals surface area contributed by atoms with E-state index in [-0.39, 0.29) is 17.9 Å². The van der Waals surface area contributed by atoms with Crippen molar-refractivity contribution in [3.63, 3.8) is 0 Å². The van der Waals surface area contributed by atoms with Gasteiger partial charge in [-0.05, 0) is 50.0 Å². The van der Waals surface area contributed by atoms with E-state index in [4.69, 9.17) is 0 Å². The third-order valence-electron chi connectivity index (χ3n) is 4.71. The van der Waals surface area contributed by atoms with Gasteiger partial charge in [-0.1, -0.05) is 20.3 Å². The summed E-state index contributed by atoms with van der Waals surface area (Å²) in [6.07, 6.45) is 4.76. The van der Waals surface area contributed by atoms with Gasteiger partial charge in [0.15, 0.2) is 0 Å². The molecule has 1 saturated heterocycles. The van der Waals surface area contributed by atoms with Crippen molar-refractivity contribution in [1.29, 1.82) is 0 Å². The van der Waals surface area contributed by atoms with Crippen LogP contribution in [0.4, 0.5) is 0 Å². The molecule has 0 bridgehead atoms. The van der Waals surface area contributed by atoms with Crippen molar-refractivity contribution in [2.24, 2.45) is 5.92 Å². The van der Waals surface area contributed by atoms with Crippen molar-refractivity contribution in [2.75, 3.05) is 18.1 Å². The van der Waals surface area contributed by atoms with Crippen LogP contribution in [0.1, 0.15) is 52.9 Å². The average Bonchev–Trinajstić information content (AvgIpc) is 3.29. The summed E-state index contributed by atoms with van der Waals surface area (Å²) < 4.78 is 0. The van der Waals surface area contributed by atoms with Crippen molar-refractivity contribution < 1.29 is 9.59 Å². The third-order valence-corrected chi connectivity index (χ3v) is 5.70. The molecule has 1 saturated carbocycles. The summed E-state index contributed by atoms with van der Waals surface area (Å²) in [5.41, 5.74) is -0.613. The largest absolute Gasteiger partial charge is 0.342 e. The minimum absolute atomic E-state index is 0.0613. The lowest BCUT2D eigenvalue weighted by atomic mass is 9.87. The molecular formula is C16H28N2O2S. The van der Waals surface area contributed by atoms with Gasteiger partial charge in [-0.3, -0.25) is 9.59 Å². The molecule has 1 aliphatic carbocycles. The standard InChI is InChI=1S/C16H28N2O2S/c1-4-7-13-14(19)18(10-6-11-21-5-2)16(3,12-8-9-12)15(20)17-13/h12-13H,4-11H2,1-3H3,(H,17,20). The highest BCUT2D eigenvalue weighted by atomic mass is 32.2. The highest BCUT2D eigenvalue weighted by Crippen LogP contribution is 2.45. The first-order valence-corrected chi connectivity index (χ1v) is 9.41. The number of nitrogens with one attached hydrogen (secondary N) is 1. The number of rotatable bonds is 8. The quantitative estimate of drug-likeness (QED) is 0.700. The summed E-state index contributed by atoms with van der Waals surface area (Å²) in [6, 6.07) is -0.312. The molecule has 1 aliphatic heterocycles. The minimum Gasteiger partial charge on any atom is -0.342 e. The Kier molecular flexibility index (Phi) is 5.58. The predicted octanol–water partition coefficient (Wildman–Crippen LogP) is 2.43. The van der Waals surface area contributed by atoms with E-state index >= 15 is 0 Å². The molecule has 0 radical (unpaired) electrons. The normalized spacial score (nSPS) is 29.7. The van der Waals surface area contributed by atoms with Gasteiger partial charge in [-0.2, -0.15) is 11.8 Å². The van der Waals surface area contributed by atoms with Crippen molar-refractivity contribution in [3.05, 3.63) is 0 Å². The molecule has 0 aromatic rings. The molecule has 1 N–H and O–H groups in total. The van der Waals surface area contributed by atoms with Crippen molar-refractivity contribution in [2.45, 2.75) is 64.5 Å². The van der Waals surface area contributed by atoms with Crippen LogP contribution in [0.15, 0.2) is 0 Å². The van der Waals surface area contributed by atoms with Crippen molar-refractivity contribution in [1.82, 2.24) is 10.2 Å². The molecule has 2 atom stereocenters. The van der Waals surface area contributed by atoms with Gasteiger partial charge < -0.3 is 10.2 Å². The number of hydrogen-bond acceptors (Lipinski definition) is 3. The summed E-state index contributed by atoms with van der Waals surface area (Å²) in [7, 11) is 0. The van der Waals surface area contributed by atoms with E-state index in [1.165, 1.54) is 0 Å². The van der Waals surface area contributed by atoms with Gasteiger partial charge in [0, 0.05) is 6.54 Å². The van der Waals surface area contributed by atoms with Gasteiger partial charge in [0.25, 0.3) is 0 Å². The van der Waals surface area contributed by atoms with Crippen LogP contribution in [-0.2, 0) is 9.59 Å². The summed E-state index contributed by atoms with van der Waals surface area (Å²) in [5.74, 6) is 2.70. The van der Waals surface area contributed by atoms with Crippen LogP contribution in [0.5, 0.6) is 0 Å². The van der Waals surface area contributed by atoms with Crippen LogP contribution in [0.2, 0.25) is 0 Å². The van der Waals surface area contributed by atoms with Gasteiger partial charge in [0.05, 0.1) is 0 Å². The molecule has 2 unspecified atom stereocenters. The van der Waals surface area contributed by atoms with Crippen molar-refractivity contribution >= 4 is 23.6 Å². The number of amides is 2. The second kappa shape index (κ2) is 7.03. The predicted molar refractivity (Wildman–Crippen MR) is 87.3 cm³/mol. The summed E-state index contributed by atoms with van der Waals surface area (Å²) in [5, 5.41) is 2.98. The maximum Gasteiger partial charge on any atom is 0.246 e. The van der Waals surface area contributed by atoms with Crippen LogP contribution in [0.25, 0.3) is 0 Å². The van der Waals surface area contributed by atoms with Gasteiger partial charge in [-0.25, -0.2) is 0 Å². The zero-order valence-electron chi connectivity index (χ0n) is 13.5. The number of hydrogen-bond donors (Lipinski definition) is 1. The van der Waals surface area contributed by atoms with Gasteiger partial charge in [0.2, 0.25) is 11.8 Å². The van der Waals surface area contributed by atoms with Crippen LogP contribution in [-0.4, -0.2) is 46.3 Å². The Balaban J connectivity index is 2.10. The summed E-state index contributed by atoms with van der Waals surface area (Å²) in [4.78, 5) is 27.3. The fourth-order valence-corrected chi connectivity index (χ4v) is 3.87. The highest BCUT2D eigenvalue weighted by molar-refractivity contribution is 7.99. The molecule has 2 rings (SSSR count). The zero-order chi connectivity index (χ0) is 15.5. The second-order valence-corrected chi connectivity index (χ2v) is 7.67. The van der Waals surface area contributed by atoms with Gasteiger partial charge in [-0.15, -0.1) is 0 Å². The molecular weight excluding hydrogens is 284 g/mol. The molecule has 1 heterocycles. The Bertz CT molecular complexity index is 398. The molecule has 0 aromatic heterocycles. The first kappa shape index (κ1) is 16.7. The molecule has 5 heteroatoms. The molecule has 0 aromatic carbocycles. The Hall–Kier alpha value is -0.710. The van der Waals surface area contributed by atoms with E-state index in [1.54, 1.807) is 0 Å². The summed E-state index contributed by atoms with van der Waals surface area (Å²) >= 11 is 1.90. The minimum atomic E-state index is -0.613. The first-order chi connectivity index (χ1) is 10.1. The third kappa shape index (κ3) is 3.38. The van der Waals surface area contributed by atoms with Crippen LogP contribution < -0.4 is 5.32 Å². The number of piperazine rings is 1. The fourth-order valence-electron chi connectivity index (χ4n) is 3.25. The Morgan fingerprint density at radius 3 is 2.62 bits per heavy atom. The maximum atomic E-state index is 12.8. The smallest absolute Gasteiger partial charge is 0.246 e. The van der Waals surface area contributed by atoms with E-state index in [0.29, 0.717) is 12.5 Å². The number of thioether (sulfide) groups is 1. The van der Waals surface area contributed by atoms with Crippen LogP contribution in [0.3, 0.4) is 0 Å². The van der Waals surface area contributed by atoms with Crippen LogP contribution >= 0.6 is 11.8 Å². The molecule has 21 heavy (non-hydrogen) atoms. The Morgan fingerprint density at radius 1 is 1.33 bits per heavy atom. The molecule has 2 amide bonds. The fraction of sp³-hybridized carbons (Fsp3) is 0.875. The van der Waals surface area contributed by atoms with E-state index in [0.717, 1.165) is 43.6 Å². The summed E-state index contributed by atoms with van der Waals surface area (Å²) in [6.45, 7) is 6.88.